The van der Waals surface area contributed by atoms with Crippen molar-refractivity contribution in [1.82, 2.24) is 10.3 Å². The van der Waals surface area contributed by atoms with Gasteiger partial charge in [-0.25, -0.2) is 0 Å². The number of allylic oxidation sites excluding steroid dienone is 1. The standard InChI is InChI=1S/C18H22N2/c1-2-5-15(6-3-1)9-11-19-13-16-7-4-8-17-14-20-12-10-18(16)17/h4-5,7-8,10,12,14,19H,1-3,6,9,11,13H2. The molecule has 1 aromatic heterocycles. The molecule has 2 heteroatoms. The van der Waals surface area contributed by atoms with Crippen LogP contribution in [0.2, 0.25) is 0 Å². The second-order valence-electron chi connectivity index (χ2n) is 5.55. The van der Waals surface area contributed by atoms with E-state index >= 15 is 0 Å². The summed E-state index contributed by atoms with van der Waals surface area (Å²) in [5.41, 5.74) is 3.01. The molecule has 1 aliphatic carbocycles. The van der Waals surface area contributed by atoms with Gasteiger partial charge in [0.15, 0.2) is 0 Å². The Morgan fingerprint density at radius 2 is 2.15 bits per heavy atom. The van der Waals surface area contributed by atoms with Crippen molar-refractivity contribution in [3.8, 4) is 0 Å². The quantitative estimate of drug-likeness (QED) is 0.647. The van der Waals surface area contributed by atoms with Gasteiger partial charge in [-0.2, -0.15) is 0 Å². The molecule has 3 rings (SSSR count). The van der Waals surface area contributed by atoms with Crippen LogP contribution in [-0.4, -0.2) is 11.5 Å². The van der Waals surface area contributed by atoms with E-state index in [4.69, 9.17) is 0 Å². The molecule has 1 heterocycles. The third-order valence-electron chi connectivity index (χ3n) is 4.09. The average Bonchev–Trinajstić information content (AvgIpc) is 2.53. The number of benzene rings is 1. The minimum Gasteiger partial charge on any atom is -0.312 e. The van der Waals surface area contributed by atoms with Crippen LogP contribution in [0.25, 0.3) is 10.8 Å². The van der Waals surface area contributed by atoms with Gasteiger partial charge in [0.05, 0.1) is 0 Å². The lowest BCUT2D eigenvalue weighted by atomic mass is 9.97. The number of rotatable bonds is 5. The normalized spacial score (nSPS) is 15.3. The number of aromatic nitrogens is 1. The fraction of sp³-hybridized carbons (Fsp3) is 0.389. The summed E-state index contributed by atoms with van der Waals surface area (Å²) in [4.78, 5) is 4.18. The van der Waals surface area contributed by atoms with Crippen molar-refractivity contribution in [1.29, 1.82) is 0 Å². The van der Waals surface area contributed by atoms with Gasteiger partial charge in [-0.15, -0.1) is 0 Å². The highest BCUT2D eigenvalue weighted by molar-refractivity contribution is 5.84. The molecule has 0 amide bonds. The van der Waals surface area contributed by atoms with Crippen molar-refractivity contribution in [3.63, 3.8) is 0 Å². The lowest BCUT2D eigenvalue weighted by Crippen LogP contribution is -2.15. The first-order chi connectivity index (χ1) is 9.93. The van der Waals surface area contributed by atoms with Crippen molar-refractivity contribution < 1.29 is 0 Å². The van der Waals surface area contributed by atoms with Gasteiger partial charge < -0.3 is 5.32 Å². The molecule has 0 atom stereocenters. The zero-order chi connectivity index (χ0) is 13.6. The molecule has 1 N–H and O–H groups in total. The van der Waals surface area contributed by atoms with Crippen LogP contribution in [0.15, 0.2) is 48.3 Å². The van der Waals surface area contributed by atoms with Crippen molar-refractivity contribution >= 4 is 10.8 Å². The Morgan fingerprint density at radius 3 is 3.05 bits per heavy atom. The Labute approximate surface area is 120 Å². The third kappa shape index (κ3) is 3.26. The van der Waals surface area contributed by atoms with Crippen LogP contribution < -0.4 is 5.32 Å². The van der Waals surface area contributed by atoms with Crippen molar-refractivity contribution in [2.24, 2.45) is 0 Å². The van der Waals surface area contributed by atoms with E-state index in [0.717, 1.165) is 13.1 Å². The summed E-state index contributed by atoms with van der Waals surface area (Å²) in [7, 11) is 0. The molecule has 2 aromatic rings. The zero-order valence-electron chi connectivity index (χ0n) is 11.9. The van der Waals surface area contributed by atoms with Gasteiger partial charge in [0.1, 0.15) is 0 Å². The maximum Gasteiger partial charge on any atom is 0.0346 e. The van der Waals surface area contributed by atoms with E-state index in [1.165, 1.54) is 48.4 Å². The number of hydrogen-bond acceptors (Lipinski definition) is 2. The molecule has 104 valence electrons. The third-order valence-corrected chi connectivity index (χ3v) is 4.09. The second-order valence-corrected chi connectivity index (χ2v) is 5.55. The van der Waals surface area contributed by atoms with E-state index in [0.29, 0.717) is 0 Å². The molecule has 0 spiro atoms. The summed E-state index contributed by atoms with van der Waals surface area (Å²) in [6.07, 6.45) is 12.8. The van der Waals surface area contributed by atoms with Gasteiger partial charge in [0.2, 0.25) is 0 Å². The minimum absolute atomic E-state index is 0.939. The first kappa shape index (κ1) is 13.3. The zero-order valence-corrected chi connectivity index (χ0v) is 11.9. The highest BCUT2D eigenvalue weighted by Crippen LogP contribution is 2.20. The summed E-state index contributed by atoms with van der Waals surface area (Å²) in [6, 6.07) is 8.55. The fourth-order valence-corrected chi connectivity index (χ4v) is 2.95. The lowest BCUT2D eigenvalue weighted by molar-refractivity contribution is 0.633. The van der Waals surface area contributed by atoms with E-state index in [1.54, 1.807) is 5.57 Å². The number of fused-ring (bicyclic) bond motifs is 1. The maximum absolute atomic E-state index is 4.18. The molecule has 0 saturated heterocycles. The topological polar surface area (TPSA) is 24.9 Å². The van der Waals surface area contributed by atoms with E-state index in [9.17, 15) is 0 Å². The van der Waals surface area contributed by atoms with Crippen LogP contribution in [-0.2, 0) is 6.54 Å². The fourth-order valence-electron chi connectivity index (χ4n) is 2.95. The Balaban J connectivity index is 1.56. The molecular weight excluding hydrogens is 244 g/mol. The lowest BCUT2D eigenvalue weighted by Gasteiger charge is -2.13. The van der Waals surface area contributed by atoms with Gasteiger partial charge in [0, 0.05) is 24.3 Å². The molecule has 20 heavy (non-hydrogen) atoms. The smallest absolute Gasteiger partial charge is 0.0346 e. The number of nitrogens with zero attached hydrogens (tertiary/aromatic N) is 1. The van der Waals surface area contributed by atoms with Crippen molar-refractivity contribution in [3.05, 3.63) is 53.9 Å². The van der Waals surface area contributed by atoms with Crippen LogP contribution in [0.5, 0.6) is 0 Å². The predicted molar refractivity (Wildman–Crippen MR) is 84.6 cm³/mol. The summed E-state index contributed by atoms with van der Waals surface area (Å²) >= 11 is 0. The minimum atomic E-state index is 0.939. The van der Waals surface area contributed by atoms with Crippen LogP contribution in [0.4, 0.5) is 0 Å². The van der Waals surface area contributed by atoms with Gasteiger partial charge in [-0.05, 0) is 55.7 Å². The molecule has 0 aliphatic heterocycles. The van der Waals surface area contributed by atoms with E-state index in [1.807, 2.05) is 12.4 Å². The van der Waals surface area contributed by atoms with Crippen LogP contribution in [0.3, 0.4) is 0 Å². The molecular formula is C18H22N2. The molecule has 0 bridgehead atoms. The van der Waals surface area contributed by atoms with Crippen molar-refractivity contribution in [2.75, 3.05) is 6.54 Å². The van der Waals surface area contributed by atoms with Crippen molar-refractivity contribution in [2.45, 2.75) is 38.6 Å². The Kier molecular flexibility index (Phi) is 4.44. The van der Waals surface area contributed by atoms with Gasteiger partial charge in [-0.3, -0.25) is 4.98 Å². The highest BCUT2D eigenvalue weighted by Gasteiger charge is 2.04. The summed E-state index contributed by atoms with van der Waals surface area (Å²) in [5, 5.41) is 6.12. The Hall–Kier alpha value is -1.67. The molecule has 0 unspecified atom stereocenters. The monoisotopic (exact) mass is 266 g/mol. The average molecular weight is 266 g/mol. The largest absolute Gasteiger partial charge is 0.312 e. The number of nitrogens with one attached hydrogen (secondary N) is 1. The van der Waals surface area contributed by atoms with E-state index < -0.39 is 0 Å². The SMILES string of the molecule is C1=C(CCNCc2cccc3cnccc23)CCCC1. The van der Waals surface area contributed by atoms with Gasteiger partial charge >= 0.3 is 0 Å². The summed E-state index contributed by atoms with van der Waals surface area (Å²) < 4.78 is 0. The Morgan fingerprint density at radius 1 is 1.15 bits per heavy atom. The number of hydrogen-bond donors (Lipinski definition) is 1. The highest BCUT2D eigenvalue weighted by atomic mass is 14.8. The molecule has 0 radical (unpaired) electrons. The molecule has 2 nitrogen and oxygen atoms in total. The predicted octanol–water partition coefficient (Wildman–Crippen LogP) is 4.21. The van der Waals surface area contributed by atoms with Crippen LogP contribution in [0, 0.1) is 0 Å². The first-order valence-electron chi connectivity index (χ1n) is 7.64. The molecule has 1 aromatic carbocycles. The van der Waals surface area contributed by atoms with Gasteiger partial charge in [0.25, 0.3) is 0 Å². The molecule has 1 aliphatic rings. The van der Waals surface area contributed by atoms with E-state index in [2.05, 4.69) is 40.6 Å². The molecule has 0 saturated carbocycles. The first-order valence-corrected chi connectivity index (χ1v) is 7.64. The summed E-state index contributed by atoms with van der Waals surface area (Å²) in [5.74, 6) is 0. The number of pyridine rings is 1. The second kappa shape index (κ2) is 6.67. The van der Waals surface area contributed by atoms with Crippen LogP contribution >= 0.6 is 0 Å². The Bertz CT molecular complexity index is 596. The van der Waals surface area contributed by atoms with Crippen LogP contribution in [0.1, 0.15) is 37.7 Å². The van der Waals surface area contributed by atoms with Gasteiger partial charge in [-0.1, -0.05) is 29.8 Å². The summed E-state index contributed by atoms with van der Waals surface area (Å²) in [6.45, 7) is 2.02. The van der Waals surface area contributed by atoms with E-state index in [-0.39, 0.29) is 0 Å². The maximum atomic E-state index is 4.18. The molecule has 0 fully saturated rings.